The van der Waals surface area contributed by atoms with Gasteiger partial charge < -0.3 is 1.43 Å². The first kappa shape index (κ1) is 17.3. The summed E-state index contributed by atoms with van der Waals surface area (Å²) in [5.74, 6) is 0. The predicted octanol–water partition coefficient (Wildman–Crippen LogP) is -3.39. The molecule has 0 aromatic carbocycles. The van der Waals surface area contributed by atoms with Crippen LogP contribution in [0, 0.1) is 0 Å². The molecule has 0 aliphatic carbocycles. The van der Waals surface area contributed by atoms with Gasteiger partial charge in [-0.3, -0.25) is 0 Å². The molecule has 21 valence electrons. The van der Waals surface area contributed by atoms with Crippen molar-refractivity contribution < 1.29 is 40.1 Å². The molecule has 0 heterocycles. The van der Waals surface area contributed by atoms with Crippen molar-refractivity contribution in [2.75, 3.05) is 0 Å². The van der Waals surface area contributed by atoms with E-state index in [2.05, 4.69) is 0 Å². The Morgan fingerprint density at radius 3 is 1.50 bits per heavy atom. The summed E-state index contributed by atoms with van der Waals surface area (Å²) < 4.78 is 8.34. The molecule has 0 saturated heterocycles. The zero-order valence-electron chi connectivity index (χ0n) is 3.24. The van der Waals surface area contributed by atoms with Gasteiger partial charge in [0.1, 0.15) is 0 Å². The fourth-order valence-corrected chi connectivity index (χ4v) is 0. The van der Waals surface area contributed by atoms with Crippen molar-refractivity contribution in [1.82, 2.24) is 0 Å². The van der Waals surface area contributed by atoms with E-state index in [1.165, 1.54) is 0 Å². The van der Waals surface area contributed by atoms with Crippen LogP contribution < -0.4 is 18.9 Å². The summed E-state index contributed by atoms with van der Waals surface area (Å²) in [6, 6.07) is 0. The Morgan fingerprint density at radius 2 is 1.50 bits per heavy atom. The molecule has 0 amide bonds. The molecule has 0 bridgehead atoms. The Balaban J connectivity index is -0.00000000167. The maximum absolute atomic E-state index is 8.34. The molecule has 0 spiro atoms. The first-order valence-corrected chi connectivity index (χ1v) is 1.37. The third-order valence-corrected chi connectivity index (χ3v) is 0. The second-order valence-electron chi connectivity index (χ2n) is 0. The zero-order chi connectivity index (χ0) is 2.00. The molecular formula is HCoLiOSn. The summed E-state index contributed by atoms with van der Waals surface area (Å²) in [6.45, 7) is 0. The second-order valence-corrected chi connectivity index (χ2v) is 0. The van der Waals surface area contributed by atoms with Crippen LogP contribution in [0.25, 0.3) is 0 Å². The average Bonchev–Trinajstić information content (AvgIpc) is 1.00. The van der Waals surface area contributed by atoms with E-state index < -0.39 is 0 Å². The minimum atomic E-state index is 0. The SMILES string of the molecule is [Co].[H-].[Li+].[O]=[Sn]. The van der Waals surface area contributed by atoms with E-state index in [1.54, 1.807) is 0 Å². The van der Waals surface area contributed by atoms with Crippen LogP contribution >= 0.6 is 0 Å². The van der Waals surface area contributed by atoms with Crippen LogP contribution in [0.15, 0.2) is 0 Å². The van der Waals surface area contributed by atoms with Gasteiger partial charge in [0.15, 0.2) is 0 Å². The predicted molar refractivity (Wildman–Crippen MR) is 7.55 cm³/mol. The van der Waals surface area contributed by atoms with E-state index in [0.717, 1.165) is 0 Å². The molecule has 0 fully saturated rings. The van der Waals surface area contributed by atoms with Crippen LogP contribution in [-0.4, -0.2) is 22.5 Å². The summed E-state index contributed by atoms with van der Waals surface area (Å²) >= 11 is 0.300. The Labute approximate surface area is 62.2 Å². The molecule has 4 heteroatoms. The third kappa shape index (κ3) is 9.33. The van der Waals surface area contributed by atoms with Gasteiger partial charge >= 0.3 is 44.4 Å². The van der Waals surface area contributed by atoms with Gasteiger partial charge in [0.25, 0.3) is 0 Å². The van der Waals surface area contributed by atoms with Gasteiger partial charge in [-0.2, -0.15) is 0 Å². The van der Waals surface area contributed by atoms with Gasteiger partial charge in [0.05, 0.1) is 0 Å². The van der Waals surface area contributed by atoms with Gasteiger partial charge in [-0.25, -0.2) is 0 Å². The molecular weight excluding hydrogens is 201 g/mol. The van der Waals surface area contributed by atoms with Crippen molar-refractivity contribution in [3.63, 3.8) is 0 Å². The molecule has 0 aromatic heterocycles. The summed E-state index contributed by atoms with van der Waals surface area (Å²) in [6.07, 6.45) is 0. The fraction of sp³-hybridized carbons (Fsp3) is 0. The molecule has 0 aromatic rings. The minimum absolute atomic E-state index is 0. The van der Waals surface area contributed by atoms with E-state index >= 15 is 0 Å². The van der Waals surface area contributed by atoms with Gasteiger partial charge in [-0.05, 0) is 0 Å². The standard InChI is InChI=1S/Co.Li.O.Sn.H/q;+1;;;-1. The van der Waals surface area contributed by atoms with E-state index in [1.807, 2.05) is 0 Å². The molecule has 0 saturated carbocycles. The topological polar surface area (TPSA) is 17.1 Å². The summed E-state index contributed by atoms with van der Waals surface area (Å²) in [4.78, 5) is 0. The van der Waals surface area contributed by atoms with Crippen LogP contribution in [0.5, 0.6) is 0 Å². The van der Waals surface area contributed by atoms with Crippen LogP contribution in [0.3, 0.4) is 0 Å². The van der Waals surface area contributed by atoms with E-state index in [4.69, 9.17) is 3.08 Å². The van der Waals surface area contributed by atoms with Crippen LogP contribution in [0.1, 0.15) is 1.43 Å². The first-order chi connectivity index (χ1) is 1.00. The molecule has 0 atom stereocenters. The number of hydrogen-bond donors (Lipinski definition) is 0. The van der Waals surface area contributed by atoms with Crippen molar-refractivity contribution in [2.45, 2.75) is 0 Å². The van der Waals surface area contributed by atoms with E-state index in [9.17, 15) is 0 Å². The van der Waals surface area contributed by atoms with Crippen molar-refractivity contribution in [1.29, 1.82) is 0 Å². The second kappa shape index (κ2) is 22.2. The average molecular weight is 202 g/mol. The van der Waals surface area contributed by atoms with E-state index in [0.29, 0.717) is 22.5 Å². The van der Waals surface area contributed by atoms with Crippen molar-refractivity contribution in [3.8, 4) is 0 Å². The number of rotatable bonds is 0. The summed E-state index contributed by atoms with van der Waals surface area (Å²) in [5, 5.41) is 0. The first-order valence-electron chi connectivity index (χ1n) is 0.204. The fourth-order valence-electron chi connectivity index (χ4n) is 0. The molecule has 0 rings (SSSR count). The van der Waals surface area contributed by atoms with Crippen LogP contribution in [0.2, 0.25) is 0 Å². The quantitative estimate of drug-likeness (QED) is 0.374. The molecule has 0 aliphatic heterocycles. The molecule has 0 aliphatic rings. The maximum atomic E-state index is 8.34. The Bertz CT molecular complexity index is 11.6. The van der Waals surface area contributed by atoms with Crippen LogP contribution in [0.4, 0.5) is 0 Å². The number of hydrogen-bond acceptors (Lipinski definition) is 1. The Hall–Kier alpha value is 1.70. The van der Waals surface area contributed by atoms with Crippen molar-refractivity contribution >= 4 is 22.5 Å². The van der Waals surface area contributed by atoms with Crippen molar-refractivity contribution in [2.24, 2.45) is 0 Å². The zero-order valence-corrected chi connectivity index (χ0v) is 6.14. The molecule has 0 N–H and O–H groups in total. The van der Waals surface area contributed by atoms with Gasteiger partial charge in [0.2, 0.25) is 0 Å². The molecule has 3 radical (unpaired) electrons. The monoisotopic (exact) mass is 203 g/mol. The van der Waals surface area contributed by atoms with Gasteiger partial charge in [-0.1, -0.05) is 0 Å². The van der Waals surface area contributed by atoms with Crippen molar-refractivity contribution in [3.05, 3.63) is 0 Å². The van der Waals surface area contributed by atoms with E-state index in [-0.39, 0.29) is 37.1 Å². The summed E-state index contributed by atoms with van der Waals surface area (Å²) in [5.41, 5.74) is 0. The Morgan fingerprint density at radius 1 is 1.50 bits per heavy atom. The third-order valence-electron chi connectivity index (χ3n) is 0. The molecule has 1 nitrogen and oxygen atoms in total. The normalized spacial score (nSPS) is 1.00. The molecule has 0 unspecified atom stereocenters. The Kier molecular flexibility index (Phi) is 96.0. The van der Waals surface area contributed by atoms with Gasteiger partial charge in [-0.15, -0.1) is 0 Å². The van der Waals surface area contributed by atoms with Crippen LogP contribution in [-0.2, 0) is 19.9 Å². The molecule has 4 heavy (non-hydrogen) atoms. The van der Waals surface area contributed by atoms with Gasteiger partial charge in [0, 0.05) is 16.8 Å². The summed E-state index contributed by atoms with van der Waals surface area (Å²) in [7, 11) is 0.